The molecule has 0 saturated carbocycles. The molecule has 2 saturated heterocycles. The number of amides is 1. The Morgan fingerprint density at radius 1 is 1.22 bits per heavy atom. The molecule has 3 heterocycles. The molecule has 1 aromatic carbocycles. The number of nitrogens with zero attached hydrogens (tertiary/aromatic N) is 1. The fourth-order valence-electron chi connectivity index (χ4n) is 4.71. The number of fused-ring (bicyclic) bond motifs is 2. The summed E-state index contributed by atoms with van der Waals surface area (Å²) in [5, 5.41) is 3.14. The van der Waals surface area contributed by atoms with Crippen LogP contribution in [0.4, 0.5) is 0 Å². The van der Waals surface area contributed by atoms with Gasteiger partial charge in [-0.1, -0.05) is 12.1 Å². The Morgan fingerprint density at radius 3 is 2.87 bits per heavy atom. The zero-order chi connectivity index (χ0) is 15.7. The molecule has 23 heavy (non-hydrogen) atoms. The van der Waals surface area contributed by atoms with Crippen molar-refractivity contribution >= 4 is 5.91 Å². The van der Waals surface area contributed by atoms with E-state index in [1.165, 1.54) is 44.3 Å². The molecule has 0 radical (unpaired) electrons. The second kappa shape index (κ2) is 6.16. The van der Waals surface area contributed by atoms with E-state index in [0.717, 1.165) is 38.2 Å². The molecule has 1 N–H and O–H groups in total. The molecule has 0 bridgehead atoms. The van der Waals surface area contributed by atoms with Crippen molar-refractivity contribution in [2.75, 3.05) is 26.2 Å². The summed E-state index contributed by atoms with van der Waals surface area (Å²) in [7, 11) is 0. The summed E-state index contributed by atoms with van der Waals surface area (Å²) in [6.45, 7) is 3.97. The topological polar surface area (TPSA) is 41.6 Å². The van der Waals surface area contributed by atoms with Gasteiger partial charge in [0, 0.05) is 12.1 Å². The molecule has 4 nitrogen and oxygen atoms in total. The normalized spacial score (nSPS) is 22.3. The molecule has 1 amide bonds. The SMILES string of the molecule is O=C(NCCC12CCCN1CCC2)c1cccc2c1OCCC2. The van der Waals surface area contributed by atoms with Crippen molar-refractivity contribution in [1.29, 1.82) is 0 Å². The Hall–Kier alpha value is -1.55. The summed E-state index contributed by atoms with van der Waals surface area (Å²) in [6.07, 6.45) is 8.35. The second-order valence-electron chi connectivity index (χ2n) is 7.17. The highest BCUT2D eigenvalue weighted by atomic mass is 16.5. The van der Waals surface area contributed by atoms with E-state index in [2.05, 4.69) is 16.3 Å². The maximum atomic E-state index is 12.6. The largest absolute Gasteiger partial charge is 0.492 e. The Kier molecular flexibility index (Phi) is 4.02. The van der Waals surface area contributed by atoms with Gasteiger partial charge in [0.15, 0.2) is 0 Å². The molecule has 3 aliphatic heterocycles. The third-order valence-corrected chi connectivity index (χ3v) is 5.87. The van der Waals surface area contributed by atoms with Crippen LogP contribution in [0.25, 0.3) is 0 Å². The van der Waals surface area contributed by atoms with Gasteiger partial charge < -0.3 is 10.1 Å². The van der Waals surface area contributed by atoms with E-state index < -0.39 is 0 Å². The van der Waals surface area contributed by atoms with E-state index in [9.17, 15) is 4.79 Å². The van der Waals surface area contributed by atoms with Crippen molar-refractivity contribution in [2.24, 2.45) is 0 Å². The summed E-state index contributed by atoms with van der Waals surface area (Å²) >= 11 is 0. The Morgan fingerprint density at radius 2 is 2.04 bits per heavy atom. The minimum atomic E-state index is 0.0164. The summed E-state index contributed by atoms with van der Waals surface area (Å²) in [6, 6.07) is 5.92. The minimum Gasteiger partial charge on any atom is -0.492 e. The molecule has 0 spiro atoms. The number of hydrogen-bond acceptors (Lipinski definition) is 3. The van der Waals surface area contributed by atoms with Gasteiger partial charge in [0.25, 0.3) is 5.91 Å². The number of para-hydroxylation sites is 1. The number of carbonyl (C=O) groups excluding carboxylic acids is 1. The number of aryl methyl sites for hydroxylation is 1. The summed E-state index contributed by atoms with van der Waals surface area (Å²) in [5.41, 5.74) is 2.24. The minimum absolute atomic E-state index is 0.0164. The van der Waals surface area contributed by atoms with Crippen LogP contribution < -0.4 is 10.1 Å². The Labute approximate surface area is 138 Å². The maximum Gasteiger partial charge on any atom is 0.255 e. The van der Waals surface area contributed by atoms with E-state index in [1.807, 2.05) is 12.1 Å². The lowest BCUT2D eigenvalue weighted by molar-refractivity contribution is 0.0938. The van der Waals surface area contributed by atoms with Crippen LogP contribution in [0, 0.1) is 0 Å². The molecule has 0 unspecified atom stereocenters. The highest BCUT2D eigenvalue weighted by Gasteiger charge is 2.43. The van der Waals surface area contributed by atoms with Crippen molar-refractivity contribution in [1.82, 2.24) is 10.2 Å². The van der Waals surface area contributed by atoms with E-state index >= 15 is 0 Å². The second-order valence-corrected chi connectivity index (χ2v) is 7.17. The van der Waals surface area contributed by atoms with Crippen LogP contribution in [-0.4, -0.2) is 42.6 Å². The lowest BCUT2D eigenvalue weighted by Gasteiger charge is -2.32. The van der Waals surface area contributed by atoms with Gasteiger partial charge in [-0.15, -0.1) is 0 Å². The third kappa shape index (κ3) is 2.74. The summed E-state index contributed by atoms with van der Waals surface area (Å²) in [5.74, 6) is 0.820. The van der Waals surface area contributed by atoms with E-state index in [-0.39, 0.29) is 5.91 Å². The lowest BCUT2D eigenvalue weighted by atomic mass is 9.90. The molecule has 4 rings (SSSR count). The van der Waals surface area contributed by atoms with Crippen molar-refractivity contribution in [3.63, 3.8) is 0 Å². The molecule has 3 aliphatic rings. The van der Waals surface area contributed by atoms with Gasteiger partial charge >= 0.3 is 0 Å². The Balaban J connectivity index is 1.39. The van der Waals surface area contributed by atoms with Crippen LogP contribution >= 0.6 is 0 Å². The van der Waals surface area contributed by atoms with Gasteiger partial charge in [-0.3, -0.25) is 9.69 Å². The highest BCUT2D eigenvalue weighted by molar-refractivity contribution is 5.97. The van der Waals surface area contributed by atoms with Crippen molar-refractivity contribution in [2.45, 2.75) is 50.5 Å². The van der Waals surface area contributed by atoms with Gasteiger partial charge in [0.05, 0.1) is 12.2 Å². The standard InChI is InChI=1S/C19H26N2O2/c22-18(16-7-1-5-15-6-2-14-23-17(15)16)20-11-10-19-8-3-12-21(19)13-4-9-19/h1,5,7H,2-4,6,8-14H2,(H,20,22). The van der Waals surface area contributed by atoms with Crippen molar-refractivity contribution in [3.8, 4) is 5.75 Å². The molecule has 0 atom stereocenters. The predicted octanol–water partition coefficient (Wildman–Crippen LogP) is 2.76. The summed E-state index contributed by atoms with van der Waals surface area (Å²) < 4.78 is 5.75. The first-order chi connectivity index (χ1) is 11.3. The van der Waals surface area contributed by atoms with Crippen molar-refractivity contribution < 1.29 is 9.53 Å². The quantitative estimate of drug-likeness (QED) is 0.929. The molecule has 0 aromatic heterocycles. The fraction of sp³-hybridized carbons (Fsp3) is 0.632. The average Bonchev–Trinajstić information content (AvgIpc) is 3.14. The molecular weight excluding hydrogens is 288 g/mol. The van der Waals surface area contributed by atoms with Gasteiger partial charge in [-0.2, -0.15) is 0 Å². The third-order valence-electron chi connectivity index (χ3n) is 5.87. The van der Waals surface area contributed by atoms with Gasteiger partial charge in [0.2, 0.25) is 0 Å². The maximum absolute atomic E-state index is 12.6. The molecule has 1 aromatic rings. The van der Waals surface area contributed by atoms with Crippen LogP contribution in [0.1, 0.15) is 54.4 Å². The molecule has 124 valence electrons. The van der Waals surface area contributed by atoms with E-state index in [0.29, 0.717) is 11.1 Å². The zero-order valence-electron chi connectivity index (χ0n) is 13.8. The highest BCUT2D eigenvalue weighted by Crippen LogP contribution is 2.41. The lowest BCUT2D eigenvalue weighted by Crippen LogP contribution is -2.41. The average molecular weight is 314 g/mol. The predicted molar refractivity (Wildman–Crippen MR) is 90.0 cm³/mol. The van der Waals surface area contributed by atoms with Gasteiger partial charge in [-0.05, 0) is 69.7 Å². The first kappa shape index (κ1) is 15.0. The van der Waals surface area contributed by atoms with Crippen LogP contribution in [0.5, 0.6) is 5.75 Å². The number of benzene rings is 1. The first-order valence-corrected chi connectivity index (χ1v) is 9.06. The Bertz CT molecular complexity index is 589. The molecule has 4 heteroatoms. The van der Waals surface area contributed by atoms with Gasteiger partial charge in [0.1, 0.15) is 5.75 Å². The molecular formula is C19H26N2O2. The smallest absolute Gasteiger partial charge is 0.255 e. The number of ether oxygens (including phenoxy) is 1. The zero-order valence-corrected chi connectivity index (χ0v) is 13.8. The van der Waals surface area contributed by atoms with Crippen LogP contribution in [0.3, 0.4) is 0 Å². The fourth-order valence-corrected chi connectivity index (χ4v) is 4.71. The number of rotatable bonds is 4. The number of nitrogens with one attached hydrogen (secondary N) is 1. The van der Waals surface area contributed by atoms with Crippen LogP contribution in [0.15, 0.2) is 18.2 Å². The summed E-state index contributed by atoms with van der Waals surface area (Å²) in [4.78, 5) is 15.2. The van der Waals surface area contributed by atoms with Crippen molar-refractivity contribution in [3.05, 3.63) is 29.3 Å². The van der Waals surface area contributed by atoms with Crippen LogP contribution in [-0.2, 0) is 6.42 Å². The van der Waals surface area contributed by atoms with E-state index in [4.69, 9.17) is 4.74 Å². The number of hydrogen-bond donors (Lipinski definition) is 1. The number of carbonyl (C=O) groups is 1. The monoisotopic (exact) mass is 314 g/mol. The molecule has 2 fully saturated rings. The van der Waals surface area contributed by atoms with Gasteiger partial charge in [-0.25, -0.2) is 0 Å². The van der Waals surface area contributed by atoms with E-state index in [1.54, 1.807) is 0 Å². The van der Waals surface area contributed by atoms with Crippen LogP contribution in [0.2, 0.25) is 0 Å². The molecule has 0 aliphatic carbocycles. The first-order valence-electron chi connectivity index (χ1n) is 9.06.